The fourth-order valence-electron chi connectivity index (χ4n) is 3.98. The first-order valence-corrected chi connectivity index (χ1v) is 10.5. The molecule has 1 unspecified atom stereocenters. The molecule has 1 aliphatic heterocycles. The van der Waals surface area contributed by atoms with Gasteiger partial charge >= 0.3 is 0 Å². The van der Waals surface area contributed by atoms with Crippen LogP contribution in [0.1, 0.15) is 37.2 Å². The van der Waals surface area contributed by atoms with Crippen LogP contribution < -0.4 is 0 Å². The molecule has 1 saturated carbocycles. The van der Waals surface area contributed by atoms with E-state index in [1.165, 1.54) is 24.7 Å². The molecule has 0 radical (unpaired) electrons. The van der Waals surface area contributed by atoms with Gasteiger partial charge in [0.05, 0.1) is 6.26 Å². The molecule has 2 fully saturated rings. The summed E-state index contributed by atoms with van der Waals surface area (Å²) < 4.78 is 25.1. The molecule has 1 aliphatic carbocycles. The Morgan fingerprint density at radius 1 is 1.22 bits per heavy atom. The smallest absolute Gasteiger partial charge is 0.211 e. The van der Waals surface area contributed by atoms with Crippen LogP contribution in [0.4, 0.5) is 0 Å². The van der Waals surface area contributed by atoms with Crippen LogP contribution in [0.15, 0.2) is 30.3 Å². The zero-order valence-corrected chi connectivity index (χ0v) is 15.0. The number of benzene rings is 1. The number of nitrogens with zero attached hydrogens (tertiary/aromatic N) is 2. The van der Waals surface area contributed by atoms with Crippen LogP contribution >= 0.6 is 0 Å². The average Bonchev–Trinajstić information content (AvgIpc) is 2.46. The fraction of sp³-hybridized carbons (Fsp3) is 0.667. The van der Waals surface area contributed by atoms with Crippen LogP contribution in [-0.2, 0) is 10.0 Å². The zero-order chi connectivity index (χ0) is 16.4. The molecule has 3 rings (SSSR count). The standard InChI is InChI=1S/C18H28N2O2S/c1-19(13-15-7-6-10-20(14-15)23(2,21)22)18-11-17(12-18)16-8-4-3-5-9-16/h3-5,8-9,15,17-18H,6-7,10-14H2,1-2H3. The van der Waals surface area contributed by atoms with Crippen molar-refractivity contribution in [2.75, 3.05) is 32.9 Å². The summed E-state index contributed by atoms with van der Waals surface area (Å²) in [5.41, 5.74) is 1.46. The molecule has 5 heteroatoms. The van der Waals surface area contributed by atoms with Gasteiger partial charge in [0.2, 0.25) is 10.0 Å². The molecule has 1 aromatic rings. The molecule has 0 aromatic heterocycles. The number of hydrogen-bond donors (Lipinski definition) is 0. The third kappa shape index (κ3) is 4.14. The van der Waals surface area contributed by atoms with E-state index in [0.717, 1.165) is 19.4 Å². The van der Waals surface area contributed by atoms with Crippen molar-refractivity contribution in [3.8, 4) is 0 Å². The van der Waals surface area contributed by atoms with Crippen LogP contribution in [0.3, 0.4) is 0 Å². The first-order valence-electron chi connectivity index (χ1n) is 8.64. The number of rotatable bonds is 5. The minimum absolute atomic E-state index is 0.472. The van der Waals surface area contributed by atoms with Gasteiger partial charge in [0.25, 0.3) is 0 Å². The Bertz CT molecular complexity index is 611. The van der Waals surface area contributed by atoms with Crippen LogP contribution in [0, 0.1) is 5.92 Å². The molecule has 2 aliphatic rings. The lowest BCUT2D eigenvalue weighted by Gasteiger charge is -2.43. The van der Waals surface area contributed by atoms with E-state index in [4.69, 9.17) is 0 Å². The molecule has 128 valence electrons. The summed E-state index contributed by atoms with van der Waals surface area (Å²) in [6.45, 7) is 2.40. The summed E-state index contributed by atoms with van der Waals surface area (Å²) in [6.07, 6.45) is 5.91. The second-order valence-electron chi connectivity index (χ2n) is 7.30. The highest BCUT2D eigenvalue weighted by molar-refractivity contribution is 7.88. The second kappa shape index (κ2) is 6.91. The largest absolute Gasteiger partial charge is 0.303 e. The van der Waals surface area contributed by atoms with Gasteiger partial charge in [-0.05, 0) is 50.1 Å². The lowest BCUT2D eigenvalue weighted by molar-refractivity contribution is 0.103. The monoisotopic (exact) mass is 336 g/mol. The maximum atomic E-state index is 11.7. The van der Waals surface area contributed by atoms with Gasteiger partial charge in [-0.3, -0.25) is 0 Å². The van der Waals surface area contributed by atoms with Crippen molar-refractivity contribution in [2.24, 2.45) is 5.92 Å². The molecular weight excluding hydrogens is 308 g/mol. The van der Waals surface area contributed by atoms with E-state index in [1.54, 1.807) is 4.31 Å². The highest BCUT2D eigenvalue weighted by Gasteiger charge is 2.34. The van der Waals surface area contributed by atoms with Crippen molar-refractivity contribution < 1.29 is 8.42 Å². The van der Waals surface area contributed by atoms with E-state index in [-0.39, 0.29) is 0 Å². The van der Waals surface area contributed by atoms with Gasteiger partial charge in [0, 0.05) is 25.7 Å². The summed E-state index contributed by atoms with van der Waals surface area (Å²) in [5, 5.41) is 0. The maximum absolute atomic E-state index is 11.7. The van der Waals surface area contributed by atoms with E-state index in [0.29, 0.717) is 31.0 Å². The molecular formula is C18H28N2O2S. The van der Waals surface area contributed by atoms with E-state index >= 15 is 0 Å². The summed E-state index contributed by atoms with van der Waals surface area (Å²) in [4.78, 5) is 2.45. The van der Waals surface area contributed by atoms with Gasteiger partial charge in [0.15, 0.2) is 0 Å². The summed E-state index contributed by atoms with van der Waals surface area (Å²) in [6, 6.07) is 11.4. The Morgan fingerprint density at radius 3 is 2.57 bits per heavy atom. The van der Waals surface area contributed by atoms with Crippen LogP contribution in [0.25, 0.3) is 0 Å². The lowest BCUT2D eigenvalue weighted by Crippen LogP contribution is -2.47. The molecule has 0 bridgehead atoms. The predicted molar refractivity (Wildman–Crippen MR) is 94.0 cm³/mol. The SMILES string of the molecule is CN(CC1CCCN(S(C)(=O)=O)C1)C1CC(c2ccccc2)C1. The molecule has 0 amide bonds. The van der Waals surface area contributed by atoms with Crippen LogP contribution in [-0.4, -0.2) is 56.6 Å². The zero-order valence-electron chi connectivity index (χ0n) is 14.2. The van der Waals surface area contributed by atoms with Gasteiger partial charge in [-0.1, -0.05) is 30.3 Å². The van der Waals surface area contributed by atoms with Gasteiger partial charge in [0.1, 0.15) is 0 Å². The topological polar surface area (TPSA) is 40.6 Å². The van der Waals surface area contributed by atoms with Crippen molar-refractivity contribution in [3.05, 3.63) is 35.9 Å². The van der Waals surface area contributed by atoms with Gasteiger partial charge in [-0.2, -0.15) is 0 Å². The Kier molecular flexibility index (Phi) is 5.09. The van der Waals surface area contributed by atoms with Gasteiger partial charge in [-0.25, -0.2) is 12.7 Å². The van der Waals surface area contributed by atoms with Gasteiger partial charge < -0.3 is 4.90 Å². The van der Waals surface area contributed by atoms with Crippen LogP contribution in [0.2, 0.25) is 0 Å². The molecule has 1 heterocycles. The summed E-state index contributed by atoms with van der Waals surface area (Å²) >= 11 is 0. The quantitative estimate of drug-likeness (QED) is 0.830. The molecule has 0 spiro atoms. The second-order valence-corrected chi connectivity index (χ2v) is 9.28. The maximum Gasteiger partial charge on any atom is 0.211 e. The predicted octanol–water partition coefficient (Wildman–Crippen LogP) is 2.54. The first-order chi connectivity index (χ1) is 10.9. The number of hydrogen-bond acceptors (Lipinski definition) is 3. The van der Waals surface area contributed by atoms with Crippen molar-refractivity contribution in [1.82, 2.24) is 9.21 Å². The Morgan fingerprint density at radius 2 is 1.91 bits per heavy atom. The minimum Gasteiger partial charge on any atom is -0.303 e. The van der Waals surface area contributed by atoms with Crippen molar-refractivity contribution in [1.29, 1.82) is 0 Å². The molecule has 0 N–H and O–H groups in total. The number of piperidine rings is 1. The molecule has 23 heavy (non-hydrogen) atoms. The summed E-state index contributed by atoms with van der Waals surface area (Å²) in [7, 11) is -0.837. The van der Waals surface area contributed by atoms with E-state index in [9.17, 15) is 8.42 Å². The highest BCUT2D eigenvalue weighted by atomic mass is 32.2. The molecule has 1 aromatic carbocycles. The lowest BCUT2D eigenvalue weighted by atomic mass is 9.75. The Labute approximate surface area is 140 Å². The van der Waals surface area contributed by atoms with E-state index in [2.05, 4.69) is 42.3 Å². The van der Waals surface area contributed by atoms with E-state index in [1.807, 2.05) is 0 Å². The Balaban J connectivity index is 1.48. The molecule has 1 atom stereocenters. The average molecular weight is 337 g/mol. The minimum atomic E-state index is -3.04. The van der Waals surface area contributed by atoms with E-state index < -0.39 is 10.0 Å². The fourth-order valence-corrected chi connectivity index (χ4v) is 4.92. The molecule has 1 saturated heterocycles. The summed E-state index contributed by atoms with van der Waals surface area (Å²) in [5.74, 6) is 1.17. The van der Waals surface area contributed by atoms with Crippen molar-refractivity contribution in [3.63, 3.8) is 0 Å². The number of sulfonamides is 1. The highest BCUT2D eigenvalue weighted by Crippen LogP contribution is 2.39. The molecule has 4 nitrogen and oxygen atoms in total. The van der Waals surface area contributed by atoms with Crippen molar-refractivity contribution in [2.45, 2.75) is 37.6 Å². The third-order valence-electron chi connectivity index (χ3n) is 5.50. The van der Waals surface area contributed by atoms with Gasteiger partial charge in [-0.15, -0.1) is 0 Å². The third-order valence-corrected chi connectivity index (χ3v) is 6.77. The Hall–Kier alpha value is -0.910. The normalized spacial score (nSPS) is 29.4. The van der Waals surface area contributed by atoms with Crippen LogP contribution in [0.5, 0.6) is 0 Å². The van der Waals surface area contributed by atoms with Crippen molar-refractivity contribution >= 4 is 10.0 Å². The first kappa shape index (κ1) is 16.9.